The quantitative estimate of drug-likeness (QED) is 0.457. The molecule has 0 saturated carbocycles. The van der Waals surface area contributed by atoms with Gasteiger partial charge < -0.3 is 4.90 Å². The van der Waals surface area contributed by atoms with E-state index in [1.54, 1.807) is 37.4 Å². The number of hydrogen-bond donors (Lipinski definition) is 1. The maximum Gasteiger partial charge on any atom is 0.261 e. The second kappa shape index (κ2) is 9.73. The number of amides is 1. The van der Waals surface area contributed by atoms with Crippen molar-refractivity contribution in [2.24, 2.45) is 0 Å². The number of nitrogens with zero attached hydrogens (tertiary/aromatic N) is 1. The van der Waals surface area contributed by atoms with E-state index in [-0.39, 0.29) is 16.6 Å². The topological polar surface area (TPSA) is 83.5 Å². The molecule has 3 rings (SSSR count). The molecule has 166 valence electrons. The van der Waals surface area contributed by atoms with Gasteiger partial charge in [0.1, 0.15) is 0 Å². The molecule has 0 unspecified atom stereocenters. The molecule has 0 aliphatic rings. The summed E-state index contributed by atoms with van der Waals surface area (Å²) in [6.45, 7) is 1.74. The second-order valence-electron chi connectivity index (χ2n) is 7.17. The van der Waals surface area contributed by atoms with E-state index in [0.29, 0.717) is 33.4 Å². The van der Waals surface area contributed by atoms with Crippen LogP contribution in [0.4, 0.5) is 5.69 Å². The Labute approximate surface area is 196 Å². The van der Waals surface area contributed by atoms with Crippen molar-refractivity contribution in [2.75, 3.05) is 11.8 Å². The number of anilines is 1. The molecule has 1 amide bonds. The number of benzene rings is 3. The highest BCUT2D eigenvalue weighted by molar-refractivity contribution is 7.92. The molecule has 0 saturated heterocycles. The van der Waals surface area contributed by atoms with Gasteiger partial charge in [-0.05, 0) is 61.0 Å². The van der Waals surface area contributed by atoms with E-state index >= 15 is 0 Å². The van der Waals surface area contributed by atoms with Gasteiger partial charge >= 0.3 is 0 Å². The summed E-state index contributed by atoms with van der Waals surface area (Å²) in [4.78, 5) is 25.6. The normalized spacial score (nSPS) is 11.1. The highest BCUT2D eigenvalue weighted by Crippen LogP contribution is 2.24. The fourth-order valence-corrected chi connectivity index (χ4v) is 4.35. The van der Waals surface area contributed by atoms with Crippen LogP contribution in [0.25, 0.3) is 0 Å². The van der Waals surface area contributed by atoms with Crippen LogP contribution in [0.5, 0.6) is 0 Å². The standard InChI is InChI=1S/C23H20Cl2N2O4S/c1-15(28)17-6-10-20(11-7-17)32(30,31)26-19-8-4-18(5-9-19)23(29)27(2)14-16-3-12-21(24)22(25)13-16/h3-13,26H,14H2,1-2H3. The first-order valence-corrected chi connectivity index (χ1v) is 11.7. The van der Waals surface area contributed by atoms with Gasteiger partial charge in [0, 0.05) is 30.4 Å². The number of halogens is 2. The van der Waals surface area contributed by atoms with E-state index in [1.165, 1.54) is 48.2 Å². The molecule has 0 aliphatic carbocycles. The van der Waals surface area contributed by atoms with E-state index in [0.717, 1.165) is 5.56 Å². The van der Waals surface area contributed by atoms with Crippen molar-refractivity contribution in [2.45, 2.75) is 18.4 Å². The zero-order valence-electron chi connectivity index (χ0n) is 17.3. The Morgan fingerprint density at radius 3 is 2.03 bits per heavy atom. The number of carbonyl (C=O) groups is 2. The number of Topliss-reactive ketones (excluding diaryl/α,β-unsaturated/α-hetero) is 1. The molecule has 0 atom stereocenters. The minimum Gasteiger partial charge on any atom is -0.337 e. The van der Waals surface area contributed by atoms with Gasteiger partial charge in [-0.15, -0.1) is 0 Å². The fourth-order valence-electron chi connectivity index (χ4n) is 2.97. The second-order valence-corrected chi connectivity index (χ2v) is 9.67. The third-order valence-electron chi connectivity index (χ3n) is 4.71. The van der Waals surface area contributed by atoms with Gasteiger partial charge in [0.25, 0.3) is 15.9 Å². The first kappa shape index (κ1) is 23.8. The van der Waals surface area contributed by atoms with Crippen molar-refractivity contribution < 1.29 is 18.0 Å². The lowest BCUT2D eigenvalue weighted by molar-refractivity contribution is 0.0785. The van der Waals surface area contributed by atoms with Crippen molar-refractivity contribution in [3.05, 3.63) is 93.5 Å². The molecule has 1 N–H and O–H groups in total. The van der Waals surface area contributed by atoms with Gasteiger partial charge in [-0.25, -0.2) is 8.42 Å². The number of ketones is 1. The maximum absolute atomic E-state index is 12.7. The third kappa shape index (κ3) is 5.68. The largest absolute Gasteiger partial charge is 0.337 e. The Bertz CT molecular complexity index is 1260. The lowest BCUT2D eigenvalue weighted by Gasteiger charge is -2.18. The number of hydrogen-bond acceptors (Lipinski definition) is 4. The van der Waals surface area contributed by atoms with Gasteiger partial charge in [0.2, 0.25) is 0 Å². The third-order valence-corrected chi connectivity index (χ3v) is 6.84. The highest BCUT2D eigenvalue weighted by Gasteiger charge is 2.16. The van der Waals surface area contributed by atoms with Crippen molar-refractivity contribution in [3.63, 3.8) is 0 Å². The molecule has 0 aliphatic heterocycles. The summed E-state index contributed by atoms with van der Waals surface area (Å²) in [5.74, 6) is -0.378. The predicted octanol–water partition coefficient (Wildman–Crippen LogP) is 5.27. The molecule has 0 aromatic heterocycles. The molecule has 9 heteroatoms. The molecule has 0 radical (unpaired) electrons. The average Bonchev–Trinajstić information content (AvgIpc) is 2.76. The molecule has 6 nitrogen and oxygen atoms in total. The summed E-state index contributed by atoms with van der Waals surface area (Å²) in [5.41, 5.74) is 1.97. The van der Waals surface area contributed by atoms with Crippen LogP contribution in [-0.4, -0.2) is 32.1 Å². The summed E-state index contributed by atoms with van der Waals surface area (Å²) in [7, 11) is -2.17. The molecule has 3 aromatic carbocycles. The van der Waals surface area contributed by atoms with Gasteiger partial charge in [-0.1, -0.05) is 41.4 Å². The molecule has 32 heavy (non-hydrogen) atoms. The summed E-state index contributed by atoms with van der Waals surface area (Å²) < 4.78 is 27.6. The highest BCUT2D eigenvalue weighted by atomic mass is 35.5. The number of sulfonamides is 1. The average molecular weight is 491 g/mol. The van der Waals surface area contributed by atoms with Crippen LogP contribution in [0.3, 0.4) is 0 Å². The maximum atomic E-state index is 12.7. The van der Waals surface area contributed by atoms with Crippen molar-refractivity contribution >= 4 is 50.6 Å². The van der Waals surface area contributed by atoms with Crippen LogP contribution in [0.1, 0.15) is 33.2 Å². The summed E-state index contributed by atoms with van der Waals surface area (Å²) in [6, 6.07) is 17.0. The fraction of sp³-hybridized carbons (Fsp3) is 0.130. The zero-order valence-corrected chi connectivity index (χ0v) is 19.6. The van der Waals surface area contributed by atoms with Crippen LogP contribution in [-0.2, 0) is 16.6 Å². The molecule has 3 aromatic rings. The summed E-state index contributed by atoms with van der Waals surface area (Å²) >= 11 is 11.9. The lowest BCUT2D eigenvalue weighted by Crippen LogP contribution is -2.26. The first-order chi connectivity index (χ1) is 15.1. The van der Waals surface area contributed by atoms with Crippen molar-refractivity contribution in [1.29, 1.82) is 0 Å². The molecule has 0 spiro atoms. The van der Waals surface area contributed by atoms with Crippen LogP contribution in [0.2, 0.25) is 10.0 Å². The van der Waals surface area contributed by atoms with Crippen LogP contribution in [0.15, 0.2) is 71.6 Å². The lowest BCUT2D eigenvalue weighted by atomic mass is 10.1. The zero-order chi connectivity index (χ0) is 23.5. The van der Waals surface area contributed by atoms with Gasteiger partial charge in [0.15, 0.2) is 5.78 Å². The Kier molecular flexibility index (Phi) is 7.23. The van der Waals surface area contributed by atoms with E-state index in [1.807, 2.05) is 0 Å². The minimum atomic E-state index is -3.83. The van der Waals surface area contributed by atoms with Crippen LogP contribution >= 0.6 is 23.2 Å². The van der Waals surface area contributed by atoms with E-state index < -0.39 is 10.0 Å². The molecule has 0 bridgehead atoms. The van der Waals surface area contributed by atoms with Crippen molar-refractivity contribution in [3.8, 4) is 0 Å². The van der Waals surface area contributed by atoms with Crippen LogP contribution < -0.4 is 4.72 Å². The molecular weight excluding hydrogens is 471 g/mol. The SMILES string of the molecule is CC(=O)c1ccc(S(=O)(=O)Nc2ccc(C(=O)N(C)Cc3ccc(Cl)c(Cl)c3)cc2)cc1. The van der Waals surface area contributed by atoms with Crippen LogP contribution in [0, 0.1) is 0 Å². The summed E-state index contributed by atoms with van der Waals surface area (Å²) in [6.07, 6.45) is 0. The molecular formula is C23H20Cl2N2O4S. The van der Waals surface area contributed by atoms with E-state index in [2.05, 4.69) is 4.72 Å². The minimum absolute atomic E-state index is 0.0315. The molecule has 0 fully saturated rings. The van der Waals surface area contributed by atoms with E-state index in [9.17, 15) is 18.0 Å². The number of carbonyl (C=O) groups excluding carboxylic acids is 2. The number of nitrogens with one attached hydrogen (secondary N) is 1. The van der Waals surface area contributed by atoms with Gasteiger partial charge in [0.05, 0.1) is 14.9 Å². The smallest absolute Gasteiger partial charge is 0.261 e. The Balaban J connectivity index is 1.68. The van der Waals surface area contributed by atoms with Crippen molar-refractivity contribution in [1.82, 2.24) is 4.90 Å². The van der Waals surface area contributed by atoms with Gasteiger partial charge in [-0.3, -0.25) is 14.3 Å². The Hall–Kier alpha value is -2.87. The Morgan fingerprint density at radius 2 is 1.47 bits per heavy atom. The number of rotatable bonds is 7. The van der Waals surface area contributed by atoms with E-state index in [4.69, 9.17) is 23.2 Å². The summed E-state index contributed by atoms with van der Waals surface area (Å²) in [5, 5.41) is 0.856. The molecule has 0 heterocycles. The Morgan fingerprint density at radius 1 is 0.875 bits per heavy atom. The monoisotopic (exact) mass is 490 g/mol. The van der Waals surface area contributed by atoms with Gasteiger partial charge in [-0.2, -0.15) is 0 Å². The predicted molar refractivity (Wildman–Crippen MR) is 126 cm³/mol. The first-order valence-electron chi connectivity index (χ1n) is 9.50.